The van der Waals surface area contributed by atoms with Crippen LogP contribution in [-0.2, 0) is 14.4 Å². The van der Waals surface area contributed by atoms with Crippen molar-refractivity contribution in [3.8, 4) is 0 Å². The van der Waals surface area contributed by atoms with Crippen molar-refractivity contribution in [3.63, 3.8) is 0 Å². The number of hydrogen-bond acceptors (Lipinski definition) is 4. The van der Waals surface area contributed by atoms with Gasteiger partial charge in [-0.25, -0.2) is 4.39 Å². The molecule has 4 aliphatic rings. The highest BCUT2D eigenvalue weighted by Gasteiger charge is 2.75. The molecule has 4 rings (SSSR count). The minimum Gasteiger partial charge on any atom is -0.381 e. The number of hydrogen-bond donors (Lipinski definition) is 1. The Hall–Kier alpha value is -0.810. The van der Waals surface area contributed by atoms with Gasteiger partial charge in [-0.3, -0.25) is 14.4 Å². The number of carbonyl (C=O) groups is 3. The minimum atomic E-state index is -2.00. The molecule has 0 aromatic carbocycles. The van der Waals surface area contributed by atoms with Gasteiger partial charge in [0.2, 0.25) is 0 Å². The smallest absolute Gasteiger partial charge is 0.179 e. The van der Waals surface area contributed by atoms with Gasteiger partial charge in [0.05, 0.1) is 5.88 Å². The van der Waals surface area contributed by atoms with Gasteiger partial charge in [0, 0.05) is 36.0 Å². The lowest BCUT2D eigenvalue weighted by Crippen LogP contribution is -2.70. The zero-order valence-electron chi connectivity index (χ0n) is 16.9. The van der Waals surface area contributed by atoms with E-state index >= 15 is 4.39 Å². The van der Waals surface area contributed by atoms with Gasteiger partial charge in [0.25, 0.3) is 0 Å². The highest BCUT2D eigenvalue weighted by molar-refractivity contribution is 6.29. The molecule has 28 heavy (non-hydrogen) atoms. The summed E-state index contributed by atoms with van der Waals surface area (Å²) in [6, 6.07) is 0. The van der Waals surface area contributed by atoms with Crippen LogP contribution in [0.4, 0.5) is 4.39 Å². The van der Waals surface area contributed by atoms with Gasteiger partial charge in [-0.15, -0.1) is 11.6 Å². The van der Waals surface area contributed by atoms with Crippen LogP contribution in [0.2, 0.25) is 0 Å². The van der Waals surface area contributed by atoms with Gasteiger partial charge >= 0.3 is 0 Å². The minimum absolute atomic E-state index is 0.121. The van der Waals surface area contributed by atoms with E-state index in [9.17, 15) is 19.5 Å². The number of fused-ring (bicyclic) bond motifs is 5. The Labute approximate surface area is 170 Å². The molecule has 0 aromatic rings. The Kier molecular flexibility index (Phi) is 4.46. The largest absolute Gasteiger partial charge is 0.381 e. The van der Waals surface area contributed by atoms with Crippen LogP contribution in [0.5, 0.6) is 0 Å². The average molecular weight is 413 g/mol. The van der Waals surface area contributed by atoms with Crippen LogP contribution in [0, 0.1) is 34.5 Å². The van der Waals surface area contributed by atoms with E-state index in [1.165, 1.54) is 0 Å². The summed E-state index contributed by atoms with van der Waals surface area (Å²) < 4.78 is 16.9. The third-order valence-corrected chi connectivity index (χ3v) is 9.67. The average Bonchev–Trinajstić information content (AvgIpc) is 2.91. The van der Waals surface area contributed by atoms with Gasteiger partial charge < -0.3 is 5.11 Å². The van der Waals surface area contributed by atoms with Crippen LogP contribution >= 0.6 is 11.6 Å². The van der Waals surface area contributed by atoms with Crippen LogP contribution in [-0.4, -0.2) is 39.6 Å². The van der Waals surface area contributed by atoms with Crippen LogP contribution in [0.25, 0.3) is 0 Å². The molecule has 0 amide bonds. The molecule has 6 heteroatoms. The summed E-state index contributed by atoms with van der Waals surface area (Å²) >= 11 is 5.77. The van der Waals surface area contributed by atoms with Crippen molar-refractivity contribution < 1.29 is 23.9 Å². The first-order valence-corrected chi connectivity index (χ1v) is 11.0. The SMILES string of the molecule is C[C@H]1C[C@H]2[C@@H]3CC[C@](O)(C(=O)CCl)[C@@]3(C)CC(=O)[C@]2(F)[C@@]2(C)CCC(=O)C[C@@H]12. The first kappa shape index (κ1) is 20.5. The van der Waals surface area contributed by atoms with Gasteiger partial charge in [-0.2, -0.15) is 0 Å². The van der Waals surface area contributed by atoms with E-state index in [1.54, 1.807) is 6.92 Å². The lowest BCUT2D eigenvalue weighted by Gasteiger charge is -2.64. The molecule has 0 unspecified atom stereocenters. The van der Waals surface area contributed by atoms with E-state index in [0.29, 0.717) is 32.1 Å². The standard InChI is InChI=1S/C22H30ClFO4/c1-12-8-16-14-5-7-21(28,18(27)11-23)20(14,3)10-17(26)22(16,24)19(2)6-4-13(25)9-15(12)19/h12,14-16,28H,4-11H2,1-3H3/t12-,14-,15-,16-,19-,20-,21-,22-/m0/s1. The van der Waals surface area contributed by atoms with Crippen molar-refractivity contribution in [3.05, 3.63) is 0 Å². The maximum absolute atomic E-state index is 16.9. The third-order valence-electron chi connectivity index (χ3n) is 9.43. The molecule has 0 aliphatic heterocycles. The van der Waals surface area contributed by atoms with E-state index in [1.807, 2.05) is 6.92 Å². The third kappa shape index (κ3) is 2.18. The molecular weight excluding hydrogens is 383 g/mol. The van der Waals surface area contributed by atoms with Crippen LogP contribution < -0.4 is 0 Å². The molecule has 1 N–H and O–H groups in total. The van der Waals surface area contributed by atoms with E-state index in [2.05, 4.69) is 6.92 Å². The number of ketones is 3. The Morgan fingerprint density at radius 3 is 2.50 bits per heavy atom. The molecule has 0 bridgehead atoms. The maximum Gasteiger partial charge on any atom is 0.179 e. The number of carbonyl (C=O) groups excluding carboxylic acids is 3. The fourth-order valence-electron chi connectivity index (χ4n) is 7.78. The molecule has 4 aliphatic carbocycles. The Morgan fingerprint density at radius 1 is 1.18 bits per heavy atom. The highest BCUT2D eigenvalue weighted by atomic mass is 35.5. The molecule has 0 saturated heterocycles. The molecule has 0 radical (unpaired) electrons. The Balaban J connectivity index is 1.81. The monoisotopic (exact) mass is 412 g/mol. The quantitative estimate of drug-likeness (QED) is 0.702. The van der Waals surface area contributed by atoms with Crippen LogP contribution in [0.1, 0.15) is 65.7 Å². The molecule has 0 spiro atoms. The summed E-state index contributed by atoms with van der Waals surface area (Å²) in [6.07, 6.45) is 2.18. The predicted molar refractivity (Wildman–Crippen MR) is 103 cm³/mol. The number of alkyl halides is 2. The van der Waals surface area contributed by atoms with E-state index in [4.69, 9.17) is 11.6 Å². The number of aliphatic hydroxyl groups is 1. The fraction of sp³-hybridized carbons (Fsp3) is 0.864. The molecule has 156 valence electrons. The second-order valence-electron chi connectivity index (χ2n) is 10.4. The first-order chi connectivity index (χ1) is 13.0. The second-order valence-corrected chi connectivity index (χ2v) is 10.6. The predicted octanol–water partition coefficient (Wildman–Crippen LogP) is 3.65. The summed E-state index contributed by atoms with van der Waals surface area (Å²) in [6.45, 7) is 5.69. The van der Waals surface area contributed by atoms with Crippen LogP contribution in [0.15, 0.2) is 0 Å². The summed E-state index contributed by atoms with van der Waals surface area (Å²) in [5.41, 5.74) is -5.51. The topological polar surface area (TPSA) is 71.4 Å². The molecule has 0 aromatic heterocycles. The maximum atomic E-state index is 16.9. The van der Waals surface area contributed by atoms with Gasteiger partial charge in [-0.1, -0.05) is 20.8 Å². The van der Waals surface area contributed by atoms with Crippen molar-refractivity contribution >= 4 is 29.0 Å². The lowest BCUT2D eigenvalue weighted by molar-refractivity contribution is -0.214. The summed E-state index contributed by atoms with van der Waals surface area (Å²) in [4.78, 5) is 38.0. The second kappa shape index (κ2) is 6.10. The van der Waals surface area contributed by atoms with E-state index in [-0.39, 0.29) is 42.3 Å². The molecule has 4 nitrogen and oxygen atoms in total. The molecule has 4 fully saturated rings. The zero-order chi connectivity index (χ0) is 20.7. The van der Waals surface area contributed by atoms with Crippen molar-refractivity contribution in [2.45, 2.75) is 77.0 Å². The van der Waals surface area contributed by atoms with E-state index in [0.717, 1.165) is 0 Å². The zero-order valence-corrected chi connectivity index (χ0v) is 17.7. The number of rotatable bonds is 2. The summed E-state index contributed by atoms with van der Waals surface area (Å²) in [7, 11) is 0. The van der Waals surface area contributed by atoms with E-state index < -0.39 is 39.6 Å². The van der Waals surface area contributed by atoms with Crippen molar-refractivity contribution in [1.82, 2.24) is 0 Å². The van der Waals surface area contributed by atoms with Crippen molar-refractivity contribution in [2.75, 3.05) is 5.88 Å². The lowest BCUT2D eigenvalue weighted by atomic mass is 9.41. The first-order valence-electron chi connectivity index (χ1n) is 10.5. The molecule has 4 saturated carbocycles. The Morgan fingerprint density at radius 2 is 1.86 bits per heavy atom. The Bertz CT molecular complexity index is 755. The van der Waals surface area contributed by atoms with Crippen LogP contribution in [0.3, 0.4) is 0 Å². The number of Topliss-reactive ketones (excluding diaryl/α,β-unsaturated/α-hetero) is 3. The van der Waals surface area contributed by atoms with Gasteiger partial charge in [0.15, 0.2) is 17.2 Å². The summed E-state index contributed by atoms with van der Waals surface area (Å²) in [5, 5.41) is 11.3. The normalized spacial score (nSPS) is 53.4. The molecule has 8 atom stereocenters. The molecule has 0 heterocycles. The van der Waals surface area contributed by atoms with Crippen molar-refractivity contribution in [2.24, 2.45) is 34.5 Å². The van der Waals surface area contributed by atoms with Gasteiger partial charge in [0.1, 0.15) is 11.4 Å². The van der Waals surface area contributed by atoms with Gasteiger partial charge in [-0.05, 0) is 43.4 Å². The molecular formula is C22H30ClFO4. The number of halogens is 2. The highest BCUT2D eigenvalue weighted by Crippen LogP contribution is 2.70. The summed E-state index contributed by atoms with van der Waals surface area (Å²) in [5.74, 6) is -1.89. The fourth-order valence-corrected chi connectivity index (χ4v) is 8.00. The van der Waals surface area contributed by atoms with Crippen molar-refractivity contribution in [1.29, 1.82) is 0 Å².